The van der Waals surface area contributed by atoms with Crippen molar-refractivity contribution in [2.24, 2.45) is 0 Å². The van der Waals surface area contributed by atoms with Gasteiger partial charge in [0.1, 0.15) is 12.2 Å². The predicted octanol–water partition coefficient (Wildman–Crippen LogP) is 1.97. The lowest BCUT2D eigenvalue weighted by Crippen LogP contribution is -2.36. The summed E-state index contributed by atoms with van der Waals surface area (Å²) in [5.74, 6) is -0.456. The van der Waals surface area contributed by atoms with Crippen molar-refractivity contribution in [3.8, 4) is 0 Å². The summed E-state index contributed by atoms with van der Waals surface area (Å²) in [7, 11) is 1.59. The molecule has 0 aliphatic carbocycles. The van der Waals surface area contributed by atoms with E-state index in [4.69, 9.17) is 9.47 Å². The maximum Gasteiger partial charge on any atom is 0.410 e. The van der Waals surface area contributed by atoms with Gasteiger partial charge >= 0.3 is 12.1 Å². The SMILES string of the molecule is C=C(C)C(=O)OCCN(C)C(=O)OC(C)(C)C. The zero-order valence-electron chi connectivity index (χ0n) is 11.2. The van der Waals surface area contributed by atoms with Crippen molar-refractivity contribution in [1.29, 1.82) is 0 Å². The molecule has 0 saturated carbocycles. The highest BCUT2D eigenvalue weighted by Gasteiger charge is 2.19. The molecule has 0 aromatic heterocycles. The molecule has 5 nitrogen and oxygen atoms in total. The van der Waals surface area contributed by atoms with E-state index in [1.54, 1.807) is 34.7 Å². The maximum absolute atomic E-state index is 11.5. The van der Waals surface area contributed by atoms with Crippen LogP contribution in [0.4, 0.5) is 4.79 Å². The van der Waals surface area contributed by atoms with E-state index in [1.807, 2.05) is 0 Å². The Kier molecular flexibility index (Phi) is 5.71. The van der Waals surface area contributed by atoms with E-state index in [1.165, 1.54) is 4.90 Å². The molecule has 0 aliphatic rings. The van der Waals surface area contributed by atoms with Crippen LogP contribution in [0.15, 0.2) is 12.2 Å². The van der Waals surface area contributed by atoms with Crippen LogP contribution in [0.5, 0.6) is 0 Å². The van der Waals surface area contributed by atoms with Crippen LogP contribution in [0.3, 0.4) is 0 Å². The Bertz CT molecular complexity index is 304. The molecular weight excluding hydrogens is 222 g/mol. The number of rotatable bonds is 4. The third-order valence-electron chi connectivity index (χ3n) is 1.71. The molecule has 98 valence electrons. The molecule has 0 unspecified atom stereocenters. The minimum Gasteiger partial charge on any atom is -0.460 e. The fraction of sp³-hybridized carbons (Fsp3) is 0.667. The maximum atomic E-state index is 11.5. The van der Waals surface area contributed by atoms with E-state index < -0.39 is 17.7 Å². The summed E-state index contributed by atoms with van der Waals surface area (Å²) in [5.41, 5.74) is -0.190. The molecule has 0 aromatic rings. The second-order valence-electron chi connectivity index (χ2n) is 4.82. The molecule has 0 saturated heterocycles. The van der Waals surface area contributed by atoms with Crippen molar-refractivity contribution in [3.05, 3.63) is 12.2 Å². The van der Waals surface area contributed by atoms with Crippen LogP contribution >= 0.6 is 0 Å². The van der Waals surface area contributed by atoms with E-state index in [0.717, 1.165) is 0 Å². The Hall–Kier alpha value is -1.52. The van der Waals surface area contributed by atoms with Gasteiger partial charge in [-0.25, -0.2) is 9.59 Å². The Labute approximate surface area is 102 Å². The molecule has 1 amide bonds. The summed E-state index contributed by atoms with van der Waals surface area (Å²) < 4.78 is 10.00. The van der Waals surface area contributed by atoms with E-state index in [-0.39, 0.29) is 13.2 Å². The van der Waals surface area contributed by atoms with E-state index in [9.17, 15) is 9.59 Å². The highest BCUT2D eigenvalue weighted by molar-refractivity contribution is 5.86. The largest absolute Gasteiger partial charge is 0.460 e. The molecule has 0 aliphatic heterocycles. The van der Waals surface area contributed by atoms with Crippen LogP contribution in [0.25, 0.3) is 0 Å². The minimum absolute atomic E-state index is 0.126. The van der Waals surface area contributed by atoms with Crippen LogP contribution in [-0.2, 0) is 14.3 Å². The summed E-state index contributed by atoms with van der Waals surface area (Å²) in [6.45, 7) is 10.8. The van der Waals surface area contributed by atoms with Crippen molar-refractivity contribution >= 4 is 12.1 Å². The first kappa shape index (κ1) is 15.5. The number of ether oxygens (including phenoxy) is 2. The second-order valence-corrected chi connectivity index (χ2v) is 4.82. The molecule has 0 N–H and O–H groups in total. The van der Waals surface area contributed by atoms with Gasteiger partial charge in [-0.2, -0.15) is 0 Å². The van der Waals surface area contributed by atoms with Crippen LogP contribution in [0.2, 0.25) is 0 Å². The van der Waals surface area contributed by atoms with E-state index in [0.29, 0.717) is 5.57 Å². The first-order valence-electron chi connectivity index (χ1n) is 5.40. The van der Waals surface area contributed by atoms with Gasteiger partial charge in [-0.1, -0.05) is 6.58 Å². The summed E-state index contributed by atoms with van der Waals surface area (Å²) in [6, 6.07) is 0. The smallest absolute Gasteiger partial charge is 0.410 e. The molecular formula is C12H21NO4. The number of hydrogen-bond acceptors (Lipinski definition) is 4. The fourth-order valence-corrected chi connectivity index (χ4v) is 0.830. The average molecular weight is 243 g/mol. The van der Waals surface area contributed by atoms with Crippen LogP contribution < -0.4 is 0 Å². The van der Waals surface area contributed by atoms with Gasteiger partial charge in [-0.15, -0.1) is 0 Å². The normalized spacial score (nSPS) is 10.6. The van der Waals surface area contributed by atoms with Gasteiger partial charge in [0, 0.05) is 12.6 Å². The van der Waals surface area contributed by atoms with Gasteiger partial charge in [0.25, 0.3) is 0 Å². The molecule has 0 atom stereocenters. The van der Waals surface area contributed by atoms with Crippen molar-refractivity contribution in [2.45, 2.75) is 33.3 Å². The number of esters is 1. The van der Waals surface area contributed by atoms with E-state index in [2.05, 4.69) is 6.58 Å². The van der Waals surface area contributed by atoms with Gasteiger partial charge in [0.15, 0.2) is 0 Å². The number of hydrogen-bond donors (Lipinski definition) is 0. The second kappa shape index (κ2) is 6.27. The number of likely N-dealkylation sites (N-methyl/N-ethyl adjacent to an activating group) is 1. The summed E-state index contributed by atoms with van der Waals surface area (Å²) in [6.07, 6.45) is -0.441. The number of amides is 1. The molecule has 0 heterocycles. The van der Waals surface area contributed by atoms with Gasteiger partial charge in [0.2, 0.25) is 0 Å². The van der Waals surface area contributed by atoms with Crippen molar-refractivity contribution < 1.29 is 19.1 Å². The molecule has 0 rings (SSSR count). The zero-order chi connectivity index (χ0) is 13.6. The molecule has 0 spiro atoms. The predicted molar refractivity (Wildman–Crippen MR) is 64.6 cm³/mol. The quantitative estimate of drug-likeness (QED) is 0.559. The topological polar surface area (TPSA) is 55.8 Å². The molecule has 0 bridgehead atoms. The van der Waals surface area contributed by atoms with Gasteiger partial charge in [0.05, 0.1) is 6.54 Å². The molecule has 17 heavy (non-hydrogen) atoms. The third-order valence-corrected chi connectivity index (χ3v) is 1.71. The summed E-state index contributed by atoms with van der Waals surface area (Å²) >= 11 is 0. The number of carbonyl (C=O) groups excluding carboxylic acids is 2. The van der Waals surface area contributed by atoms with Gasteiger partial charge in [-0.3, -0.25) is 0 Å². The number of carbonyl (C=O) groups is 2. The summed E-state index contributed by atoms with van der Waals surface area (Å²) in [5, 5.41) is 0. The van der Waals surface area contributed by atoms with Crippen LogP contribution in [-0.4, -0.2) is 42.8 Å². The first-order valence-corrected chi connectivity index (χ1v) is 5.40. The standard InChI is InChI=1S/C12H21NO4/c1-9(2)10(14)16-8-7-13(6)11(15)17-12(3,4)5/h1,7-8H2,2-6H3. The number of nitrogens with zero attached hydrogens (tertiary/aromatic N) is 1. The average Bonchev–Trinajstić information content (AvgIpc) is 2.14. The lowest BCUT2D eigenvalue weighted by atomic mass is 10.2. The zero-order valence-corrected chi connectivity index (χ0v) is 11.2. The van der Waals surface area contributed by atoms with Crippen molar-refractivity contribution in [2.75, 3.05) is 20.2 Å². The third kappa shape index (κ3) is 7.38. The molecule has 0 aromatic carbocycles. The fourth-order valence-electron chi connectivity index (χ4n) is 0.830. The lowest BCUT2D eigenvalue weighted by molar-refractivity contribution is -0.139. The van der Waals surface area contributed by atoms with Crippen LogP contribution in [0, 0.1) is 0 Å². The molecule has 0 fully saturated rings. The van der Waals surface area contributed by atoms with Crippen LogP contribution in [0.1, 0.15) is 27.7 Å². The summed E-state index contributed by atoms with van der Waals surface area (Å²) in [4.78, 5) is 23.9. The van der Waals surface area contributed by atoms with Gasteiger partial charge < -0.3 is 14.4 Å². The highest BCUT2D eigenvalue weighted by atomic mass is 16.6. The van der Waals surface area contributed by atoms with Crippen molar-refractivity contribution in [3.63, 3.8) is 0 Å². The first-order chi connectivity index (χ1) is 7.63. The van der Waals surface area contributed by atoms with Crippen molar-refractivity contribution in [1.82, 2.24) is 4.90 Å². The molecule has 0 radical (unpaired) electrons. The lowest BCUT2D eigenvalue weighted by Gasteiger charge is -2.24. The monoisotopic (exact) mass is 243 g/mol. The highest BCUT2D eigenvalue weighted by Crippen LogP contribution is 2.08. The minimum atomic E-state index is -0.528. The van der Waals surface area contributed by atoms with Gasteiger partial charge in [-0.05, 0) is 27.7 Å². The Morgan fingerprint density at radius 3 is 2.24 bits per heavy atom. The Morgan fingerprint density at radius 1 is 1.29 bits per heavy atom. The van der Waals surface area contributed by atoms with E-state index >= 15 is 0 Å². The molecule has 5 heteroatoms. The Balaban J connectivity index is 3.95. The Morgan fingerprint density at radius 2 is 1.82 bits per heavy atom.